The number of aromatic nitrogens is 3. The first-order chi connectivity index (χ1) is 13.7. The summed E-state index contributed by atoms with van der Waals surface area (Å²) in [6, 6.07) is 17.3. The minimum absolute atomic E-state index is 0.566. The molecule has 1 N–H and O–H groups in total. The largest absolute Gasteiger partial charge is 0.496 e. The molecule has 0 aliphatic carbocycles. The number of hydrogen-bond acceptors (Lipinski definition) is 6. The fourth-order valence-electron chi connectivity index (χ4n) is 3.17. The van der Waals surface area contributed by atoms with Gasteiger partial charge in [0.25, 0.3) is 0 Å². The molecule has 136 valence electrons. The maximum Gasteiger partial charge on any atom is 0.163 e. The second-order valence-electron chi connectivity index (χ2n) is 6.12. The Kier molecular flexibility index (Phi) is 4.56. The summed E-state index contributed by atoms with van der Waals surface area (Å²) in [7, 11) is 3.44. The minimum atomic E-state index is 0.566. The lowest BCUT2D eigenvalue weighted by atomic mass is 9.99. The molecule has 0 unspecified atom stereocenters. The van der Waals surface area contributed by atoms with E-state index in [9.17, 15) is 5.26 Å². The van der Waals surface area contributed by atoms with Crippen molar-refractivity contribution >= 4 is 16.7 Å². The first-order valence-corrected chi connectivity index (χ1v) is 8.72. The van der Waals surface area contributed by atoms with Crippen LogP contribution in [0.3, 0.4) is 0 Å². The van der Waals surface area contributed by atoms with Crippen LogP contribution in [0.5, 0.6) is 5.75 Å². The van der Waals surface area contributed by atoms with E-state index in [-0.39, 0.29) is 0 Å². The molecule has 0 fully saturated rings. The monoisotopic (exact) mass is 367 g/mol. The highest BCUT2D eigenvalue weighted by molar-refractivity contribution is 6.04. The van der Waals surface area contributed by atoms with Crippen molar-refractivity contribution in [2.24, 2.45) is 0 Å². The Morgan fingerprint density at radius 3 is 2.61 bits per heavy atom. The summed E-state index contributed by atoms with van der Waals surface area (Å²) in [5.74, 6) is 1.91. The summed E-state index contributed by atoms with van der Waals surface area (Å²) in [6.07, 6.45) is 3.45. The number of nitrogens with one attached hydrogen (secondary N) is 1. The fourth-order valence-corrected chi connectivity index (χ4v) is 3.17. The Morgan fingerprint density at radius 2 is 1.89 bits per heavy atom. The zero-order valence-corrected chi connectivity index (χ0v) is 15.5. The van der Waals surface area contributed by atoms with E-state index in [2.05, 4.69) is 21.4 Å². The van der Waals surface area contributed by atoms with Crippen molar-refractivity contribution in [1.82, 2.24) is 15.0 Å². The summed E-state index contributed by atoms with van der Waals surface area (Å²) in [5.41, 5.74) is 3.96. The molecule has 6 nitrogen and oxygen atoms in total. The molecule has 0 atom stereocenters. The number of nitrogens with zero attached hydrogens (tertiary/aromatic N) is 4. The van der Waals surface area contributed by atoms with E-state index in [0.29, 0.717) is 23.0 Å². The van der Waals surface area contributed by atoms with Crippen molar-refractivity contribution in [2.75, 3.05) is 19.5 Å². The number of fused-ring (bicyclic) bond motifs is 1. The summed E-state index contributed by atoms with van der Waals surface area (Å²) < 4.78 is 5.57. The molecule has 0 bridgehead atoms. The van der Waals surface area contributed by atoms with Crippen LogP contribution in [0.1, 0.15) is 5.56 Å². The lowest BCUT2D eigenvalue weighted by molar-refractivity contribution is 0.420. The average Bonchev–Trinajstić information content (AvgIpc) is 2.78. The van der Waals surface area contributed by atoms with Gasteiger partial charge in [0.05, 0.1) is 29.6 Å². The number of nitriles is 1. The molecule has 2 aromatic heterocycles. The van der Waals surface area contributed by atoms with Gasteiger partial charge in [0.2, 0.25) is 0 Å². The van der Waals surface area contributed by atoms with Crippen LogP contribution >= 0.6 is 0 Å². The van der Waals surface area contributed by atoms with Crippen LogP contribution in [0.2, 0.25) is 0 Å². The van der Waals surface area contributed by atoms with Crippen molar-refractivity contribution in [2.45, 2.75) is 0 Å². The highest BCUT2D eigenvalue weighted by Gasteiger charge is 2.17. The van der Waals surface area contributed by atoms with Gasteiger partial charge >= 0.3 is 0 Å². The van der Waals surface area contributed by atoms with Gasteiger partial charge < -0.3 is 10.1 Å². The van der Waals surface area contributed by atoms with E-state index in [4.69, 9.17) is 9.72 Å². The number of ether oxygens (including phenoxy) is 1. The number of anilines is 1. The number of rotatable bonds is 4. The van der Waals surface area contributed by atoms with E-state index in [1.165, 1.54) is 0 Å². The molecule has 0 spiro atoms. The highest BCUT2D eigenvalue weighted by Crippen LogP contribution is 2.38. The van der Waals surface area contributed by atoms with Gasteiger partial charge in [-0.3, -0.25) is 4.98 Å². The lowest BCUT2D eigenvalue weighted by Crippen LogP contribution is -2.01. The van der Waals surface area contributed by atoms with Crippen molar-refractivity contribution in [3.8, 4) is 34.3 Å². The van der Waals surface area contributed by atoms with Crippen molar-refractivity contribution in [3.63, 3.8) is 0 Å². The van der Waals surface area contributed by atoms with Gasteiger partial charge in [-0.1, -0.05) is 12.1 Å². The van der Waals surface area contributed by atoms with Gasteiger partial charge in [-0.25, -0.2) is 9.97 Å². The third-order valence-electron chi connectivity index (χ3n) is 4.49. The fraction of sp³-hybridized carbons (Fsp3) is 0.0909. The van der Waals surface area contributed by atoms with Gasteiger partial charge in [-0.05, 0) is 42.0 Å². The van der Waals surface area contributed by atoms with Gasteiger partial charge in [0, 0.05) is 30.6 Å². The summed E-state index contributed by atoms with van der Waals surface area (Å²) >= 11 is 0. The first kappa shape index (κ1) is 17.4. The van der Waals surface area contributed by atoms with Crippen LogP contribution in [0, 0.1) is 11.3 Å². The SMILES string of the molecule is CNc1nc(-c2cccnc2)nc2c(-c3cccc(C#N)c3)ccc(OC)c12. The van der Waals surface area contributed by atoms with Crippen LogP contribution in [0.25, 0.3) is 33.4 Å². The molecule has 0 saturated heterocycles. The Labute approximate surface area is 162 Å². The van der Waals surface area contributed by atoms with E-state index >= 15 is 0 Å². The second kappa shape index (κ2) is 7.33. The predicted octanol–water partition coefficient (Wildman–Crippen LogP) is 4.28. The molecule has 6 heteroatoms. The van der Waals surface area contributed by atoms with E-state index < -0.39 is 0 Å². The quantitative estimate of drug-likeness (QED) is 0.579. The van der Waals surface area contributed by atoms with E-state index in [1.54, 1.807) is 25.6 Å². The first-order valence-electron chi connectivity index (χ1n) is 8.72. The molecule has 0 aliphatic rings. The van der Waals surface area contributed by atoms with Gasteiger partial charge in [-0.15, -0.1) is 0 Å². The van der Waals surface area contributed by atoms with Gasteiger partial charge in [0.15, 0.2) is 5.82 Å². The lowest BCUT2D eigenvalue weighted by Gasteiger charge is -2.15. The summed E-state index contributed by atoms with van der Waals surface area (Å²) in [5, 5.41) is 13.2. The molecule has 4 rings (SSSR count). The van der Waals surface area contributed by atoms with E-state index in [0.717, 1.165) is 27.6 Å². The number of pyridine rings is 1. The minimum Gasteiger partial charge on any atom is -0.496 e. The molecule has 2 aromatic carbocycles. The Bertz CT molecular complexity index is 1200. The van der Waals surface area contributed by atoms with Gasteiger partial charge in [0.1, 0.15) is 11.6 Å². The zero-order valence-electron chi connectivity index (χ0n) is 15.5. The van der Waals surface area contributed by atoms with Crippen LogP contribution in [0.4, 0.5) is 5.82 Å². The highest BCUT2D eigenvalue weighted by atomic mass is 16.5. The van der Waals surface area contributed by atoms with Crippen molar-refractivity contribution < 1.29 is 4.74 Å². The van der Waals surface area contributed by atoms with Crippen LogP contribution < -0.4 is 10.1 Å². The predicted molar refractivity (Wildman–Crippen MR) is 109 cm³/mol. The molecular weight excluding hydrogens is 350 g/mol. The maximum absolute atomic E-state index is 9.27. The topological polar surface area (TPSA) is 83.7 Å². The number of benzene rings is 2. The van der Waals surface area contributed by atoms with Crippen LogP contribution in [-0.4, -0.2) is 29.1 Å². The molecule has 0 saturated carbocycles. The Morgan fingerprint density at radius 1 is 1.04 bits per heavy atom. The molecule has 0 amide bonds. The number of hydrogen-bond donors (Lipinski definition) is 1. The van der Waals surface area contributed by atoms with Crippen molar-refractivity contribution in [3.05, 3.63) is 66.5 Å². The van der Waals surface area contributed by atoms with Crippen molar-refractivity contribution in [1.29, 1.82) is 5.26 Å². The maximum atomic E-state index is 9.27. The number of methoxy groups -OCH3 is 1. The molecular formula is C22H17N5O. The second-order valence-corrected chi connectivity index (χ2v) is 6.12. The zero-order chi connectivity index (χ0) is 19.5. The molecule has 2 heterocycles. The van der Waals surface area contributed by atoms with Gasteiger partial charge in [-0.2, -0.15) is 5.26 Å². The van der Waals surface area contributed by atoms with Crippen LogP contribution in [0.15, 0.2) is 60.9 Å². The Balaban J connectivity index is 2.07. The molecule has 4 aromatic rings. The normalized spacial score (nSPS) is 10.5. The molecule has 0 radical (unpaired) electrons. The van der Waals surface area contributed by atoms with Crippen LogP contribution in [-0.2, 0) is 0 Å². The third-order valence-corrected chi connectivity index (χ3v) is 4.49. The van der Waals surface area contributed by atoms with E-state index in [1.807, 2.05) is 49.5 Å². The third kappa shape index (κ3) is 2.99. The smallest absolute Gasteiger partial charge is 0.163 e. The Hall–Kier alpha value is -3.98. The molecule has 0 aliphatic heterocycles. The standard InChI is InChI=1S/C22H17N5O/c1-24-22-19-18(28-2)9-8-17(15-6-3-5-14(11-15)12-23)20(19)26-21(27-22)16-7-4-10-25-13-16/h3-11,13H,1-2H3,(H,24,26,27). The summed E-state index contributed by atoms with van der Waals surface area (Å²) in [4.78, 5) is 13.7. The average molecular weight is 367 g/mol. The summed E-state index contributed by atoms with van der Waals surface area (Å²) in [6.45, 7) is 0. The molecule has 28 heavy (non-hydrogen) atoms.